The summed E-state index contributed by atoms with van der Waals surface area (Å²) in [5.41, 5.74) is 4.91. The largest absolute Gasteiger partial charge is 0.358 e. The maximum Gasteiger partial charge on any atom is 0.275 e. The Kier molecular flexibility index (Phi) is 4.42. The predicted octanol–water partition coefficient (Wildman–Crippen LogP) is 0.856. The van der Waals surface area contributed by atoms with Gasteiger partial charge in [0, 0.05) is 11.4 Å². The van der Waals surface area contributed by atoms with Crippen molar-refractivity contribution in [1.29, 1.82) is 0 Å². The van der Waals surface area contributed by atoms with Crippen LogP contribution in [0, 0.1) is 11.8 Å². The maximum absolute atomic E-state index is 12.4. The Bertz CT molecular complexity index is 954. The minimum absolute atomic E-state index is 0.184. The fourth-order valence-electron chi connectivity index (χ4n) is 3.69. The van der Waals surface area contributed by atoms with Gasteiger partial charge in [0.1, 0.15) is 6.54 Å². The van der Waals surface area contributed by atoms with Crippen molar-refractivity contribution in [2.24, 2.45) is 11.8 Å². The Morgan fingerprint density at radius 2 is 2.08 bits per heavy atom. The van der Waals surface area contributed by atoms with Gasteiger partial charge in [0.15, 0.2) is 5.11 Å². The molecule has 3 unspecified atom stereocenters. The molecule has 1 fully saturated rings. The number of thiocarbonyl (C=S) groups is 1. The molecule has 2 aromatic rings. The smallest absolute Gasteiger partial charge is 0.275 e. The summed E-state index contributed by atoms with van der Waals surface area (Å²) in [6.45, 7) is -0.184. The van der Waals surface area contributed by atoms with Gasteiger partial charge < -0.3 is 5.32 Å². The SMILES string of the molecule is O=C(Cn1ncc2ccccc2c1=O)NNC(=S)NC1CC2C=CC1C2. The van der Waals surface area contributed by atoms with E-state index in [9.17, 15) is 9.59 Å². The van der Waals surface area contributed by atoms with E-state index in [1.807, 2.05) is 12.1 Å². The van der Waals surface area contributed by atoms with Crippen molar-refractivity contribution >= 4 is 34.0 Å². The molecule has 134 valence electrons. The van der Waals surface area contributed by atoms with Crippen molar-refractivity contribution in [3.05, 3.63) is 53.0 Å². The number of carbonyl (C=O) groups is 1. The van der Waals surface area contributed by atoms with E-state index in [2.05, 4.69) is 33.4 Å². The lowest BCUT2D eigenvalue weighted by atomic mass is 10.0. The molecule has 0 radical (unpaired) electrons. The van der Waals surface area contributed by atoms with E-state index in [0.717, 1.165) is 16.5 Å². The highest BCUT2D eigenvalue weighted by atomic mass is 32.1. The maximum atomic E-state index is 12.4. The molecule has 8 heteroatoms. The van der Waals surface area contributed by atoms with Gasteiger partial charge in [-0.05, 0) is 43.0 Å². The number of hydrogen-bond donors (Lipinski definition) is 3. The van der Waals surface area contributed by atoms with E-state index < -0.39 is 5.91 Å². The predicted molar refractivity (Wildman–Crippen MR) is 102 cm³/mol. The third-order valence-corrected chi connectivity index (χ3v) is 5.19. The molecule has 0 aliphatic heterocycles. The fourth-order valence-corrected chi connectivity index (χ4v) is 3.90. The van der Waals surface area contributed by atoms with Crippen LogP contribution < -0.4 is 21.7 Å². The third kappa shape index (κ3) is 3.32. The van der Waals surface area contributed by atoms with Crippen molar-refractivity contribution < 1.29 is 4.79 Å². The van der Waals surface area contributed by atoms with E-state index in [-0.39, 0.29) is 12.1 Å². The average molecular weight is 369 g/mol. The summed E-state index contributed by atoms with van der Waals surface area (Å²) >= 11 is 5.23. The highest BCUT2D eigenvalue weighted by molar-refractivity contribution is 7.80. The summed E-state index contributed by atoms with van der Waals surface area (Å²) < 4.78 is 1.14. The molecule has 1 aromatic heterocycles. The van der Waals surface area contributed by atoms with Crippen molar-refractivity contribution in [2.45, 2.75) is 25.4 Å². The zero-order chi connectivity index (χ0) is 18.1. The zero-order valence-electron chi connectivity index (χ0n) is 14.0. The molecule has 1 heterocycles. The summed E-state index contributed by atoms with van der Waals surface area (Å²) in [6.07, 6.45) is 8.29. The first-order valence-corrected chi connectivity index (χ1v) is 8.99. The summed E-state index contributed by atoms with van der Waals surface area (Å²) in [5.74, 6) is 0.753. The standard InChI is InChI=1S/C18H19N5O2S/c24-16(10-23-17(25)14-4-2-1-3-13(14)9-19-23)21-22-18(26)20-15-8-11-5-6-12(15)7-11/h1-6,9,11-12,15H,7-8,10H2,(H,21,24)(H2,20,22,26). The van der Waals surface area contributed by atoms with E-state index in [4.69, 9.17) is 12.2 Å². The molecule has 4 rings (SSSR count). The minimum Gasteiger partial charge on any atom is -0.358 e. The van der Waals surface area contributed by atoms with Gasteiger partial charge in [-0.1, -0.05) is 30.4 Å². The van der Waals surface area contributed by atoms with Crippen LogP contribution in [0.15, 0.2) is 47.4 Å². The molecule has 1 aromatic carbocycles. The first-order valence-electron chi connectivity index (χ1n) is 8.58. The summed E-state index contributed by atoms with van der Waals surface area (Å²) in [5, 5.41) is 8.94. The molecular formula is C18H19N5O2S. The molecule has 0 saturated heterocycles. The molecular weight excluding hydrogens is 350 g/mol. The number of rotatable bonds is 3. The van der Waals surface area contributed by atoms with Crippen molar-refractivity contribution in [3.63, 3.8) is 0 Å². The van der Waals surface area contributed by atoms with Gasteiger partial charge in [-0.25, -0.2) is 4.68 Å². The van der Waals surface area contributed by atoms with Gasteiger partial charge in [0.2, 0.25) is 0 Å². The van der Waals surface area contributed by atoms with Gasteiger partial charge in [0.05, 0.1) is 11.6 Å². The van der Waals surface area contributed by atoms with Gasteiger partial charge in [0.25, 0.3) is 11.5 Å². The molecule has 2 aliphatic rings. The summed E-state index contributed by atoms with van der Waals surface area (Å²) in [6, 6.07) is 7.46. The fraction of sp³-hybridized carbons (Fsp3) is 0.333. The number of hydrogen-bond acceptors (Lipinski definition) is 4. The number of allylic oxidation sites excluding steroid dienone is 1. The highest BCUT2D eigenvalue weighted by Crippen LogP contribution is 2.38. The van der Waals surface area contributed by atoms with Crippen molar-refractivity contribution in [3.8, 4) is 0 Å². The number of benzene rings is 1. The Morgan fingerprint density at radius 3 is 2.85 bits per heavy atom. The van der Waals surface area contributed by atoms with Crippen LogP contribution in [0.25, 0.3) is 10.8 Å². The molecule has 1 saturated carbocycles. The molecule has 1 amide bonds. The van der Waals surface area contributed by atoms with E-state index in [1.54, 1.807) is 18.3 Å². The van der Waals surface area contributed by atoms with Crippen LogP contribution in [0.1, 0.15) is 12.8 Å². The molecule has 26 heavy (non-hydrogen) atoms. The van der Waals surface area contributed by atoms with Crippen LogP contribution in [0.5, 0.6) is 0 Å². The number of fused-ring (bicyclic) bond motifs is 3. The lowest BCUT2D eigenvalue weighted by Crippen LogP contribution is -2.51. The molecule has 3 atom stereocenters. The third-order valence-electron chi connectivity index (χ3n) is 4.97. The number of nitrogens with one attached hydrogen (secondary N) is 3. The van der Waals surface area contributed by atoms with E-state index in [1.165, 1.54) is 6.42 Å². The van der Waals surface area contributed by atoms with Crippen LogP contribution in [-0.4, -0.2) is 26.8 Å². The second-order valence-electron chi connectivity index (χ2n) is 6.73. The van der Waals surface area contributed by atoms with Gasteiger partial charge in [-0.3, -0.25) is 20.4 Å². The molecule has 2 bridgehead atoms. The van der Waals surface area contributed by atoms with Crippen LogP contribution in [0.3, 0.4) is 0 Å². The Labute approximate surface area is 155 Å². The first-order chi connectivity index (χ1) is 12.6. The molecule has 0 spiro atoms. The lowest BCUT2D eigenvalue weighted by molar-refractivity contribution is -0.122. The average Bonchev–Trinajstić information content (AvgIpc) is 3.26. The molecule has 7 nitrogen and oxygen atoms in total. The molecule has 2 aliphatic carbocycles. The number of carbonyl (C=O) groups excluding carboxylic acids is 1. The van der Waals surface area contributed by atoms with Gasteiger partial charge in [-0.15, -0.1) is 0 Å². The van der Waals surface area contributed by atoms with E-state index in [0.29, 0.717) is 28.4 Å². The quantitative estimate of drug-likeness (QED) is 0.423. The minimum atomic E-state index is -0.396. The number of amides is 1. The van der Waals surface area contributed by atoms with Gasteiger partial charge in [-0.2, -0.15) is 5.10 Å². The Balaban J connectivity index is 1.31. The normalized spacial score (nSPS) is 23.2. The Morgan fingerprint density at radius 1 is 1.23 bits per heavy atom. The van der Waals surface area contributed by atoms with E-state index >= 15 is 0 Å². The van der Waals surface area contributed by atoms with Crippen LogP contribution in [-0.2, 0) is 11.3 Å². The van der Waals surface area contributed by atoms with Gasteiger partial charge >= 0.3 is 0 Å². The first kappa shape index (κ1) is 16.7. The summed E-state index contributed by atoms with van der Waals surface area (Å²) in [7, 11) is 0. The molecule has 3 N–H and O–H groups in total. The van der Waals surface area contributed by atoms with Crippen molar-refractivity contribution in [2.75, 3.05) is 0 Å². The second kappa shape index (κ2) is 6.87. The number of aromatic nitrogens is 2. The van der Waals surface area contributed by atoms with Crippen LogP contribution in [0.2, 0.25) is 0 Å². The number of nitrogens with zero attached hydrogens (tertiary/aromatic N) is 2. The second-order valence-corrected chi connectivity index (χ2v) is 7.14. The zero-order valence-corrected chi connectivity index (χ0v) is 14.8. The van der Waals surface area contributed by atoms with Crippen LogP contribution >= 0.6 is 12.2 Å². The lowest BCUT2D eigenvalue weighted by Gasteiger charge is -2.22. The monoisotopic (exact) mass is 369 g/mol. The van der Waals surface area contributed by atoms with Crippen LogP contribution in [0.4, 0.5) is 0 Å². The summed E-state index contributed by atoms with van der Waals surface area (Å²) in [4.78, 5) is 24.5. The van der Waals surface area contributed by atoms with Crippen molar-refractivity contribution in [1.82, 2.24) is 25.9 Å². The topological polar surface area (TPSA) is 88.0 Å². The Hall–Kier alpha value is -2.74. The number of hydrazine groups is 1. The highest BCUT2D eigenvalue weighted by Gasteiger charge is 2.35.